The molecule has 3 amide bonds. The number of carbonyl (C=O) groups is 2. The summed E-state index contributed by atoms with van der Waals surface area (Å²) in [6, 6.07) is 4.58. The lowest BCUT2D eigenvalue weighted by Gasteiger charge is -2.14. The third kappa shape index (κ3) is 8.00. The third-order valence-corrected chi connectivity index (χ3v) is 2.97. The number of carbonyl (C=O) groups excluding carboxylic acids is 2. The number of nitrogens with two attached hydrogens (primary N) is 1. The standard InChI is InChI=1S/C15H22ClN3O5/c1-2-22-8-9-24-14-11(16)4-3-5-12(14)19-15(21)18-6-7-23-10-13(17)20/h3-5H,2,6-10H2,1H3,(H2,17,20)(H2,18,19,21). The van der Waals surface area contributed by atoms with Gasteiger partial charge in [0, 0.05) is 13.2 Å². The molecule has 0 atom stereocenters. The zero-order chi connectivity index (χ0) is 17.8. The third-order valence-electron chi connectivity index (χ3n) is 2.67. The quantitative estimate of drug-likeness (QED) is 0.517. The number of halogens is 1. The van der Waals surface area contributed by atoms with Gasteiger partial charge in [-0.15, -0.1) is 0 Å². The van der Waals surface area contributed by atoms with Crippen LogP contribution in [-0.4, -0.2) is 51.5 Å². The number of primary amides is 1. The lowest BCUT2D eigenvalue weighted by atomic mass is 10.3. The number of anilines is 1. The molecule has 24 heavy (non-hydrogen) atoms. The van der Waals surface area contributed by atoms with Crippen molar-refractivity contribution in [3.05, 3.63) is 23.2 Å². The summed E-state index contributed by atoms with van der Waals surface area (Å²) in [4.78, 5) is 22.4. The Labute approximate surface area is 145 Å². The van der Waals surface area contributed by atoms with Crippen LogP contribution < -0.4 is 21.1 Å². The molecule has 0 bridgehead atoms. The number of rotatable bonds is 11. The molecular formula is C15H22ClN3O5. The van der Waals surface area contributed by atoms with Crippen molar-refractivity contribution in [3.8, 4) is 5.75 Å². The molecule has 9 heteroatoms. The molecule has 1 rings (SSSR count). The molecule has 4 N–H and O–H groups in total. The monoisotopic (exact) mass is 359 g/mol. The van der Waals surface area contributed by atoms with E-state index in [9.17, 15) is 9.59 Å². The molecule has 0 saturated heterocycles. The van der Waals surface area contributed by atoms with Crippen LogP contribution >= 0.6 is 11.6 Å². The number of amides is 3. The summed E-state index contributed by atoms with van der Waals surface area (Å²) in [5.41, 5.74) is 5.37. The van der Waals surface area contributed by atoms with Crippen molar-refractivity contribution >= 4 is 29.2 Å². The van der Waals surface area contributed by atoms with Crippen molar-refractivity contribution in [2.75, 3.05) is 44.9 Å². The smallest absolute Gasteiger partial charge is 0.319 e. The molecule has 0 saturated carbocycles. The number of ether oxygens (including phenoxy) is 3. The molecule has 8 nitrogen and oxygen atoms in total. The molecule has 0 aliphatic heterocycles. The van der Waals surface area contributed by atoms with E-state index in [0.29, 0.717) is 36.3 Å². The Morgan fingerprint density at radius 2 is 2.00 bits per heavy atom. The molecule has 1 aromatic carbocycles. The van der Waals surface area contributed by atoms with Gasteiger partial charge in [0.15, 0.2) is 5.75 Å². The van der Waals surface area contributed by atoms with E-state index in [1.807, 2.05) is 6.92 Å². The topological polar surface area (TPSA) is 112 Å². The zero-order valence-electron chi connectivity index (χ0n) is 13.5. The molecule has 134 valence electrons. The number of hydrogen-bond acceptors (Lipinski definition) is 5. The fraction of sp³-hybridized carbons (Fsp3) is 0.467. The Morgan fingerprint density at radius 3 is 2.71 bits per heavy atom. The van der Waals surface area contributed by atoms with Gasteiger partial charge in [-0.25, -0.2) is 4.79 Å². The maximum atomic E-state index is 11.9. The first kappa shape index (κ1) is 20.0. The van der Waals surface area contributed by atoms with Gasteiger partial charge in [0.25, 0.3) is 0 Å². The summed E-state index contributed by atoms with van der Waals surface area (Å²) in [5, 5.41) is 5.61. The maximum absolute atomic E-state index is 11.9. The van der Waals surface area contributed by atoms with E-state index in [0.717, 1.165) is 0 Å². The van der Waals surface area contributed by atoms with Gasteiger partial charge in [-0.2, -0.15) is 0 Å². The SMILES string of the molecule is CCOCCOc1c(Cl)cccc1NC(=O)NCCOCC(N)=O. The van der Waals surface area contributed by atoms with Crippen LogP contribution in [0.1, 0.15) is 6.92 Å². The Hall–Kier alpha value is -2.03. The average molecular weight is 360 g/mol. The predicted octanol–water partition coefficient (Wildman–Crippen LogP) is 1.38. The summed E-state index contributed by atoms with van der Waals surface area (Å²) in [7, 11) is 0. The van der Waals surface area contributed by atoms with E-state index in [2.05, 4.69) is 10.6 Å². The van der Waals surface area contributed by atoms with Crippen LogP contribution in [0.3, 0.4) is 0 Å². The van der Waals surface area contributed by atoms with E-state index in [-0.39, 0.29) is 19.8 Å². The highest BCUT2D eigenvalue weighted by Gasteiger charge is 2.11. The van der Waals surface area contributed by atoms with Gasteiger partial charge >= 0.3 is 6.03 Å². The van der Waals surface area contributed by atoms with Crippen molar-refractivity contribution in [2.45, 2.75) is 6.92 Å². The summed E-state index contributed by atoms with van der Waals surface area (Å²) in [5.74, 6) is -0.189. The molecule has 0 fully saturated rings. The summed E-state index contributed by atoms with van der Waals surface area (Å²) in [6.07, 6.45) is 0. The molecule has 0 heterocycles. The number of para-hydroxylation sites is 1. The fourth-order valence-electron chi connectivity index (χ4n) is 1.68. The molecular weight excluding hydrogens is 338 g/mol. The lowest BCUT2D eigenvalue weighted by molar-refractivity contribution is -0.122. The van der Waals surface area contributed by atoms with Gasteiger partial charge < -0.3 is 30.6 Å². The minimum atomic E-state index is -0.563. The van der Waals surface area contributed by atoms with Crippen molar-refractivity contribution in [1.82, 2.24) is 5.32 Å². The van der Waals surface area contributed by atoms with Crippen molar-refractivity contribution < 1.29 is 23.8 Å². The van der Waals surface area contributed by atoms with Gasteiger partial charge in [-0.3, -0.25) is 4.79 Å². The van der Waals surface area contributed by atoms with Gasteiger partial charge in [0.1, 0.15) is 13.2 Å². The summed E-state index contributed by atoms with van der Waals surface area (Å²) < 4.78 is 15.7. The van der Waals surface area contributed by atoms with Crippen LogP contribution in [0.15, 0.2) is 18.2 Å². The highest BCUT2D eigenvalue weighted by atomic mass is 35.5. The van der Waals surface area contributed by atoms with Crippen LogP contribution in [0, 0.1) is 0 Å². The fourth-order valence-corrected chi connectivity index (χ4v) is 1.91. The van der Waals surface area contributed by atoms with Gasteiger partial charge in [-0.05, 0) is 19.1 Å². The largest absolute Gasteiger partial charge is 0.487 e. The second-order valence-electron chi connectivity index (χ2n) is 4.56. The first-order valence-electron chi connectivity index (χ1n) is 7.44. The first-order valence-corrected chi connectivity index (χ1v) is 7.82. The second-order valence-corrected chi connectivity index (χ2v) is 4.97. The Kier molecular flexibility index (Phi) is 9.59. The predicted molar refractivity (Wildman–Crippen MR) is 90.5 cm³/mol. The minimum absolute atomic E-state index is 0.170. The molecule has 0 spiro atoms. The van der Waals surface area contributed by atoms with Gasteiger partial charge in [-0.1, -0.05) is 17.7 Å². The van der Waals surface area contributed by atoms with Crippen molar-refractivity contribution in [2.24, 2.45) is 5.73 Å². The highest BCUT2D eigenvalue weighted by molar-refractivity contribution is 6.32. The van der Waals surface area contributed by atoms with Crippen LogP contribution in [-0.2, 0) is 14.3 Å². The molecule has 0 aliphatic carbocycles. The number of hydrogen-bond donors (Lipinski definition) is 3. The Balaban J connectivity index is 2.46. The zero-order valence-corrected chi connectivity index (χ0v) is 14.2. The van der Waals surface area contributed by atoms with E-state index in [1.165, 1.54) is 0 Å². The molecule has 1 aromatic rings. The summed E-state index contributed by atoms with van der Waals surface area (Å²) in [6.45, 7) is 3.43. The average Bonchev–Trinajstić information content (AvgIpc) is 2.53. The minimum Gasteiger partial charge on any atom is -0.487 e. The van der Waals surface area contributed by atoms with Crippen molar-refractivity contribution in [1.29, 1.82) is 0 Å². The normalized spacial score (nSPS) is 10.2. The van der Waals surface area contributed by atoms with E-state index in [1.54, 1.807) is 18.2 Å². The second kappa shape index (κ2) is 11.5. The van der Waals surface area contributed by atoms with Gasteiger partial charge in [0.05, 0.1) is 23.9 Å². The first-order chi connectivity index (χ1) is 11.5. The van der Waals surface area contributed by atoms with Crippen LogP contribution in [0.25, 0.3) is 0 Å². The Morgan fingerprint density at radius 1 is 1.21 bits per heavy atom. The number of benzene rings is 1. The maximum Gasteiger partial charge on any atom is 0.319 e. The molecule has 0 aromatic heterocycles. The Bertz CT molecular complexity index is 542. The number of urea groups is 1. The summed E-state index contributed by atoms with van der Waals surface area (Å²) >= 11 is 6.10. The number of nitrogens with one attached hydrogen (secondary N) is 2. The van der Waals surface area contributed by atoms with Crippen molar-refractivity contribution in [3.63, 3.8) is 0 Å². The van der Waals surface area contributed by atoms with Crippen LogP contribution in [0.5, 0.6) is 5.75 Å². The molecule has 0 aliphatic rings. The van der Waals surface area contributed by atoms with Crippen LogP contribution in [0.4, 0.5) is 10.5 Å². The van der Waals surface area contributed by atoms with E-state index in [4.69, 9.17) is 31.5 Å². The van der Waals surface area contributed by atoms with E-state index >= 15 is 0 Å². The molecule has 0 radical (unpaired) electrons. The van der Waals surface area contributed by atoms with Crippen LogP contribution in [0.2, 0.25) is 5.02 Å². The van der Waals surface area contributed by atoms with Gasteiger partial charge in [0.2, 0.25) is 5.91 Å². The molecule has 0 unspecified atom stereocenters. The lowest BCUT2D eigenvalue weighted by Crippen LogP contribution is -2.32. The van der Waals surface area contributed by atoms with E-state index < -0.39 is 11.9 Å². The highest BCUT2D eigenvalue weighted by Crippen LogP contribution is 2.32.